The lowest BCUT2D eigenvalue weighted by atomic mass is 9.89. The Labute approximate surface area is 343 Å². The number of phenolic OH excluding ortho intramolecular Hbond substituents is 1. The summed E-state index contributed by atoms with van der Waals surface area (Å²) >= 11 is 1.52. The van der Waals surface area contributed by atoms with Crippen LogP contribution in [0.15, 0.2) is 95.9 Å². The Bertz CT molecular complexity index is 2350. The smallest absolute Gasteiger partial charge is 0.415 e. The summed E-state index contributed by atoms with van der Waals surface area (Å²) in [5.74, 6) is 0.352. The third-order valence-electron chi connectivity index (χ3n) is 11.9. The van der Waals surface area contributed by atoms with Gasteiger partial charge in [0.15, 0.2) is 0 Å². The third kappa shape index (κ3) is 7.84. The molecule has 0 radical (unpaired) electrons. The number of amides is 3. The molecule has 1 fully saturated rings. The lowest BCUT2D eigenvalue weighted by molar-refractivity contribution is 0.0193. The number of fused-ring (bicyclic) bond motifs is 2. The minimum atomic E-state index is -0.429. The molecule has 3 aliphatic rings. The van der Waals surface area contributed by atoms with E-state index in [4.69, 9.17) is 9.47 Å². The van der Waals surface area contributed by atoms with Crippen LogP contribution in [0.3, 0.4) is 0 Å². The standard InChI is InChI=1S/C46H49N5O6S/c1-30-38(44(53)48(3)35-13-15-37(52)16-14-35)26-41(47(30)2)39-24-32-17-18-50(46(55)57-42-11-7-8-12-43(42)58-4)27-34(32)25-40(39)45(54)51-28-33-10-6-5-9-31(33)23-36(51)29-49-19-21-56-22-20-49/h5-16,24-26,36,52H,17-23,27-29H2,1-4H3/t36-/m0/s1. The Morgan fingerprint density at radius 3 is 2.34 bits per heavy atom. The summed E-state index contributed by atoms with van der Waals surface area (Å²) in [5, 5.41) is 9.85. The second kappa shape index (κ2) is 16.7. The molecule has 300 valence electrons. The summed E-state index contributed by atoms with van der Waals surface area (Å²) in [5.41, 5.74) is 8.28. The van der Waals surface area contributed by atoms with Crippen LogP contribution >= 0.6 is 11.8 Å². The number of benzene rings is 4. The number of para-hydroxylation sites is 1. The summed E-state index contributed by atoms with van der Waals surface area (Å²) in [7, 11) is 3.65. The number of anilines is 1. The van der Waals surface area contributed by atoms with Gasteiger partial charge in [0.1, 0.15) is 11.5 Å². The summed E-state index contributed by atoms with van der Waals surface area (Å²) in [6.07, 6.45) is 2.84. The number of carbonyl (C=O) groups excluding carboxylic acids is 3. The number of rotatable bonds is 8. The molecule has 1 aromatic heterocycles. The molecule has 5 aromatic rings. The van der Waals surface area contributed by atoms with Crippen molar-refractivity contribution in [2.75, 3.05) is 57.6 Å². The zero-order chi connectivity index (χ0) is 40.5. The van der Waals surface area contributed by atoms with E-state index in [0.29, 0.717) is 61.8 Å². The van der Waals surface area contributed by atoms with Gasteiger partial charge in [0.25, 0.3) is 11.8 Å². The number of aromatic hydroxyl groups is 1. The lowest BCUT2D eigenvalue weighted by Crippen LogP contribution is -2.52. The average Bonchev–Trinajstić information content (AvgIpc) is 3.55. The van der Waals surface area contributed by atoms with Gasteiger partial charge < -0.3 is 33.8 Å². The summed E-state index contributed by atoms with van der Waals surface area (Å²) < 4.78 is 13.6. The van der Waals surface area contributed by atoms with Gasteiger partial charge in [-0.25, -0.2) is 4.79 Å². The number of hydrogen-bond acceptors (Lipinski definition) is 8. The molecule has 8 rings (SSSR count). The number of nitrogens with zero attached hydrogens (tertiary/aromatic N) is 5. The Morgan fingerprint density at radius 2 is 1.59 bits per heavy atom. The molecule has 0 unspecified atom stereocenters. The zero-order valence-corrected chi connectivity index (χ0v) is 34.3. The maximum atomic E-state index is 15.4. The molecule has 1 atom stereocenters. The highest BCUT2D eigenvalue weighted by Gasteiger charge is 2.35. The van der Waals surface area contributed by atoms with Gasteiger partial charge in [0, 0.05) is 92.5 Å². The van der Waals surface area contributed by atoms with E-state index in [9.17, 15) is 14.7 Å². The summed E-state index contributed by atoms with van der Waals surface area (Å²) in [6.45, 7) is 6.84. The van der Waals surface area contributed by atoms with Crippen molar-refractivity contribution in [2.45, 2.75) is 43.8 Å². The van der Waals surface area contributed by atoms with Gasteiger partial charge in [0.05, 0.1) is 18.8 Å². The summed E-state index contributed by atoms with van der Waals surface area (Å²) in [6, 6.07) is 28.3. The first-order chi connectivity index (χ1) is 28.1. The highest BCUT2D eigenvalue weighted by Crippen LogP contribution is 2.37. The first-order valence-electron chi connectivity index (χ1n) is 19.8. The molecule has 1 N–H and O–H groups in total. The van der Waals surface area contributed by atoms with Crippen LogP contribution in [0.5, 0.6) is 11.5 Å². The van der Waals surface area contributed by atoms with Crippen molar-refractivity contribution in [3.05, 3.63) is 130 Å². The maximum absolute atomic E-state index is 15.4. The van der Waals surface area contributed by atoms with Gasteiger partial charge in [-0.2, -0.15) is 0 Å². The first-order valence-corrected chi connectivity index (χ1v) is 21.0. The monoisotopic (exact) mass is 799 g/mol. The molecular formula is C46H49N5O6S. The number of morpholine rings is 1. The molecule has 58 heavy (non-hydrogen) atoms. The van der Waals surface area contributed by atoms with Crippen LogP contribution in [0.1, 0.15) is 48.7 Å². The number of carbonyl (C=O) groups is 3. The Morgan fingerprint density at radius 1 is 0.862 bits per heavy atom. The maximum Gasteiger partial charge on any atom is 0.415 e. The fourth-order valence-electron chi connectivity index (χ4n) is 8.39. The van der Waals surface area contributed by atoms with Crippen LogP contribution in [0.4, 0.5) is 10.5 Å². The van der Waals surface area contributed by atoms with E-state index in [1.54, 1.807) is 47.2 Å². The number of aromatic nitrogens is 1. The van der Waals surface area contributed by atoms with E-state index >= 15 is 4.79 Å². The molecule has 4 heterocycles. The van der Waals surface area contributed by atoms with Gasteiger partial charge >= 0.3 is 6.09 Å². The topological polar surface area (TPSA) is 108 Å². The van der Waals surface area contributed by atoms with Crippen molar-refractivity contribution in [1.82, 2.24) is 19.3 Å². The van der Waals surface area contributed by atoms with E-state index in [1.807, 2.05) is 66.1 Å². The minimum absolute atomic E-state index is 0.0707. The summed E-state index contributed by atoms with van der Waals surface area (Å²) in [4.78, 5) is 51.7. The van der Waals surface area contributed by atoms with E-state index < -0.39 is 6.09 Å². The van der Waals surface area contributed by atoms with Gasteiger partial charge in [-0.3, -0.25) is 14.5 Å². The van der Waals surface area contributed by atoms with Crippen molar-refractivity contribution >= 4 is 35.4 Å². The normalized spacial score (nSPS) is 16.7. The highest BCUT2D eigenvalue weighted by atomic mass is 32.2. The predicted molar refractivity (Wildman–Crippen MR) is 226 cm³/mol. The molecule has 0 saturated carbocycles. The second-order valence-electron chi connectivity index (χ2n) is 15.3. The molecule has 1 saturated heterocycles. The number of thioether (sulfide) groups is 1. The zero-order valence-electron chi connectivity index (χ0n) is 33.4. The fraction of sp³-hybridized carbons (Fsp3) is 0.326. The Balaban J connectivity index is 1.19. The van der Waals surface area contributed by atoms with E-state index in [-0.39, 0.29) is 23.6 Å². The van der Waals surface area contributed by atoms with Crippen molar-refractivity contribution < 1.29 is 29.0 Å². The Kier molecular flexibility index (Phi) is 11.3. The molecule has 11 nitrogen and oxygen atoms in total. The van der Waals surface area contributed by atoms with Crippen LogP contribution in [0, 0.1) is 6.92 Å². The predicted octanol–water partition coefficient (Wildman–Crippen LogP) is 7.16. The SMILES string of the molecule is CSc1ccccc1OC(=O)N1CCc2cc(-c3cc(C(=O)N(C)c4ccc(O)cc4)c(C)n3C)c(C(=O)N3Cc4ccccc4C[C@H]3CN3CCOCC3)cc2C1. The molecule has 0 spiro atoms. The van der Waals surface area contributed by atoms with Gasteiger partial charge in [0.2, 0.25) is 0 Å². The largest absolute Gasteiger partial charge is 0.508 e. The lowest BCUT2D eigenvalue weighted by Gasteiger charge is -2.41. The highest BCUT2D eigenvalue weighted by molar-refractivity contribution is 7.98. The van der Waals surface area contributed by atoms with Crippen LogP contribution in [-0.2, 0) is 37.7 Å². The van der Waals surface area contributed by atoms with Gasteiger partial charge in [-0.15, -0.1) is 11.8 Å². The first kappa shape index (κ1) is 39.3. The molecule has 3 amide bonds. The molecule has 3 aliphatic heterocycles. The van der Waals surface area contributed by atoms with Crippen molar-refractivity contribution in [3.63, 3.8) is 0 Å². The van der Waals surface area contributed by atoms with Crippen molar-refractivity contribution in [3.8, 4) is 22.8 Å². The van der Waals surface area contributed by atoms with E-state index in [0.717, 1.165) is 64.6 Å². The Hall–Kier alpha value is -5.56. The fourth-order valence-corrected chi connectivity index (χ4v) is 8.91. The quantitative estimate of drug-likeness (QED) is 0.165. The van der Waals surface area contributed by atoms with Crippen LogP contribution in [-0.4, -0.2) is 101 Å². The van der Waals surface area contributed by atoms with Crippen LogP contribution < -0.4 is 9.64 Å². The molecule has 0 aliphatic carbocycles. The van der Waals surface area contributed by atoms with Gasteiger partial charge in [-0.05, 0) is 103 Å². The average molecular weight is 800 g/mol. The second-order valence-corrected chi connectivity index (χ2v) is 16.1. The number of hydrogen-bond donors (Lipinski definition) is 1. The van der Waals surface area contributed by atoms with E-state index in [1.165, 1.54) is 17.3 Å². The van der Waals surface area contributed by atoms with Crippen LogP contribution in [0.25, 0.3) is 11.3 Å². The minimum Gasteiger partial charge on any atom is -0.508 e. The van der Waals surface area contributed by atoms with E-state index in [2.05, 4.69) is 29.2 Å². The van der Waals surface area contributed by atoms with Gasteiger partial charge in [-0.1, -0.05) is 36.4 Å². The molecule has 0 bridgehead atoms. The van der Waals surface area contributed by atoms with Crippen molar-refractivity contribution in [2.24, 2.45) is 7.05 Å². The third-order valence-corrected chi connectivity index (χ3v) is 12.7. The van der Waals surface area contributed by atoms with Crippen LogP contribution in [0.2, 0.25) is 0 Å². The molecule has 4 aromatic carbocycles. The molecular weight excluding hydrogens is 751 g/mol. The number of ether oxygens (including phenoxy) is 2. The number of phenols is 1. The van der Waals surface area contributed by atoms with Crippen molar-refractivity contribution in [1.29, 1.82) is 0 Å². The molecule has 12 heteroatoms.